The standard InChI is InChI=1S/C30H42O4/c1-17-7-9-22(33-25(17)31)18(2)19-11-14-29(6)20-8-10-23-27(3,4)24-13-16-30(23,26(32)34-24)21(20)12-15-28(19,29)5/h7,18-19,22-24H,8-16H2,1-6H3/t18-,19+,22-,23-,24-,28+,29-,30-/m0/s1. The molecule has 186 valence electrons. The van der Waals surface area contributed by atoms with Crippen LogP contribution in [0, 0.1) is 39.4 Å². The van der Waals surface area contributed by atoms with E-state index in [1.807, 2.05) is 6.92 Å². The third-order valence-corrected chi connectivity index (χ3v) is 12.4. The van der Waals surface area contributed by atoms with E-state index in [4.69, 9.17) is 9.47 Å². The molecule has 2 bridgehead atoms. The highest BCUT2D eigenvalue weighted by atomic mass is 16.6. The number of hydrogen-bond acceptors (Lipinski definition) is 4. The van der Waals surface area contributed by atoms with E-state index in [0.29, 0.717) is 17.8 Å². The summed E-state index contributed by atoms with van der Waals surface area (Å²) in [6.45, 7) is 13.9. The lowest BCUT2D eigenvalue weighted by Gasteiger charge is -2.64. The smallest absolute Gasteiger partial charge is 0.333 e. The van der Waals surface area contributed by atoms with Crippen LogP contribution in [-0.2, 0) is 19.1 Å². The minimum absolute atomic E-state index is 0.0190. The van der Waals surface area contributed by atoms with Crippen molar-refractivity contribution in [1.82, 2.24) is 0 Å². The Morgan fingerprint density at radius 1 is 0.941 bits per heavy atom. The second-order valence-electron chi connectivity index (χ2n) is 13.6. The van der Waals surface area contributed by atoms with Gasteiger partial charge in [0.2, 0.25) is 0 Å². The van der Waals surface area contributed by atoms with Gasteiger partial charge >= 0.3 is 11.9 Å². The molecular weight excluding hydrogens is 424 g/mol. The molecule has 4 aliphatic carbocycles. The molecule has 0 aromatic heterocycles. The van der Waals surface area contributed by atoms with Gasteiger partial charge in [0.1, 0.15) is 12.2 Å². The Morgan fingerprint density at radius 2 is 1.71 bits per heavy atom. The lowest BCUT2D eigenvalue weighted by molar-refractivity contribution is -0.219. The molecular formula is C30H42O4. The molecule has 8 atom stereocenters. The van der Waals surface area contributed by atoms with Gasteiger partial charge in [0.05, 0.1) is 5.41 Å². The molecule has 0 amide bonds. The van der Waals surface area contributed by atoms with Crippen LogP contribution < -0.4 is 0 Å². The number of esters is 2. The molecule has 2 saturated heterocycles. The minimum atomic E-state index is -0.374. The minimum Gasteiger partial charge on any atom is -0.461 e. The summed E-state index contributed by atoms with van der Waals surface area (Å²) in [7, 11) is 0. The fourth-order valence-corrected chi connectivity index (χ4v) is 10.1. The molecule has 4 heteroatoms. The topological polar surface area (TPSA) is 52.6 Å². The Labute approximate surface area is 204 Å². The Morgan fingerprint density at radius 3 is 2.41 bits per heavy atom. The van der Waals surface area contributed by atoms with Gasteiger partial charge in [-0.2, -0.15) is 0 Å². The van der Waals surface area contributed by atoms with E-state index in [-0.39, 0.29) is 45.8 Å². The molecule has 3 aliphatic heterocycles. The first kappa shape index (κ1) is 22.9. The van der Waals surface area contributed by atoms with Gasteiger partial charge in [0.15, 0.2) is 0 Å². The first-order valence-corrected chi connectivity index (χ1v) is 13.8. The highest BCUT2D eigenvalue weighted by Gasteiger charge is 2.70. The number of carbonyl (C=O) groups excluding carboxylic acids is 2. The highest BCUT2D eigenvalue weighted by Crippen LogP contribution is 2.74. The Bertz CT molecular complexity index is 1020. The van der Waals surface area contributed by atoms with Crippen molar-refractivity contribution < 1.29 is 19.1 Å². The van der Waals surface area contributed by atoms with Gasteiger partial charge in [0.25, 0.3) is 0 Å². The molecule has 4 fully saturated rings. The molecule has 0 unspecified atom stereocenters. The van der Waals surface area contributed by atoms with Crippen molar-refractivity contribution in [3.8, 4) is 0 Å². The van der Waals surface area contributed by atoms with Gasteiger partial charge in [0, 0.05) is 17.4 Å². The second-order valence-corrected chi connectivity index (χ2v) is 13.6. The second kappa shape index (κ2) is 7.01. The van der Waals surface area contributed by atoms with Crippen LogP contribution in [0.25, 0.3) is 0 Å². The van der Waals surface area contributed by atoms with Crippen molar-refractivity contribution in [2.24, 2.45) is 39.4 Å². The average Bonchev–Trinajstić information content (AvgIpc) is 3.07. The van der Waals surface area contributed by atoms with Gasteiger partial charge in [-0.1, -0.05) is 51.8 Å². The van der Waals surface area contributed by atoms with E-state index in [9.17, 15) is 9.59 Å². The Kier molecular flexibility index (Phi) is 4.71. The van der Waals surface area contributed by atoms with E-state index >= 15 is 0 Å². The van der Waals surface area contributed by atoms with E-state index < -0.39 is 0 Å². The summed E-state index contributed by atoms with van der Waals surface area (Å²) in [5.41, 5.74) is 3.81. The predicted molar refractivity (Wildman–Crippen MR) is 131 cm³/mol. The number of cyclic esters (lactones) is 1. The van der Waals surface area contributed by atoms with Crippen LogP contribution in [0.4, 0.5) is 0 Å². The van der Waals surface area contributed by atoms with E-state index in [2.05, 4.69) is 40.7 Å². The maximum absolute atomic E-state index is 13.6. The van der Waals surface area contributed by atoms with Gasteiger partial charge < -0.3 is 9.47 Å². The largest absolute Gasteiger partial charge is 0.461 e. The number of carbonyl (C=O) groups is 2. The quantitative estimate of drug-likeness (QED) is 0.342. The van der Waals surface area contributed by atoms with Crippen molar-refractivity contribution >= 4 is 11.9 Å². The molecule has 7 aliphatic rings. The zero-order chi connectivity index (χ0) is 24.3. The Balaban J connectivity index is 1.38. The molecule has 34 heavy (non-hydrogen) atoms. The lowest BCUT2D eigenvalue weighted by atomic mass is 9.42. The van der Waals surface area contributed by atoms with Crippen LogP contribution in [0.3, 0.4) is 0 Å². The van der Waals surface area contributed by atoms with Crippen LogP contribution in [0.2, 0.25) is 0 Å². The van der Waals surface area contributed by atoms with E-state index in [1.165, 1.54) is 18.4 Å². The maximum Gasteiger partial charge on any atom is 0.333 e. The first-order chi connectivity index (χ1) is 16.0. The van der Waals surface area contributed by atoms with Crippen molar-refractivity contribution in [2.45, 2.75) is 112 Å². The lowest BCUT2D eigenvalue weighted by Crippen LogP contribution is -2.64. The van der Waals surface area contributed by atoms with Gasteiger partial charge in [-0.15, -0.1) is 0 Å². The van der Waals surface area contributed by atoms with Crippen molar-refractivity contribution in [3.05, 3.63) is 22.8 Å². The van der Waals surface area contributed by atoms with E-state index in [1.54, 1.807) is 5.57 Å². The van der Waals surface area contributed by atoms with E-state index in [0.717, 1.165) is 50.5 Å². The van der Waals surface area contributed by atoms with Crippen LogP contribution in [0.1, 0.15) is 99.3 Å². The predicted octanol–water partition coefficient (Wildman–Crippen LogP) is 6.54. The maximum atomic E-state index is 13.6. The summed E-state index contributed by atoms with van der Waals surface area (Å²) in [5, 5.41) is 0. The monoisotopic (exact) mass is 466 g/mol. The molecule has 0 aromatic rings. The van der Waals surface area contributed by atoms with Crippen molar-refractivity contribution in [3.63, 3.8) is 0 Å². The summed E-state index contributed by atoms with van der Waals surface area (Å²) in [5.74, 6) is 1.22. The number of hydrogen-bond donors (Lipinski definition) is 0. The third kappa shape index (κ3) is 2.56. The zero-order valence-corrected chi connectivity index (χ0v) is 22.0. The van der Waals surface area contributed by atoms with Crippen LogP contribution >= 0.6 is 0 Å². The zero-order valence-electron chi connectivity index (χ0n) is 22.0. The number of rotatable bonds is 2. The first-order valence-electron chi connectivity index (χ1n) is 13.8. The molecule has 7 rings (SSSR count). The molecule has 3 heterocycles. The molecule has 1 spiro atoms. The number of ether oxygens (including phenoxy) is 2. The summed E-state index contributed by atoms with van der Waals surface area (Å²) < 4.78 is 12.0. The van der Waals surface area contributed by atoms with Gasteiger partial charge in [-0.25, -0.2) is 4.79 Å². The SMILES string of the molecule is CC1=CC[C@@H]([C@@H](C)[C@H]2CC[C@@]3(C)C4=C(CC[C@]23C)[C@]23CC[C@H](OC2=O)C(C)(C)[C@@H]3CC4)OC1=O. The van der Waals surface area contributed by atoms with Crippen molar-refractivity contribution in [2.75, 3.05) is 0 Å². The fourth-order valence-electron chi connectivity index (χ4n) is 10.1. The van der Waals surface area contributed by atoms with Gasteiger partial charge in [-0.3, -0.25) is 4.79 Å². The van der Waals surface area contributed by atoms with Crippen LogP contribution in [0.5, 0.6) is 0 Å². The Hall–Kier alpha value is -1.58. The highest BCUT2D eigenvalue weighted by molar-refractivity contribution is 5.88. The normalized spacial score (nSPS) is 47.8. The summed E-state index contributed by atoms with van der Waals surface area (Å²) in [4.78, 5) is 25.8. The summed E-state index contributed by atoms with van der Waals surface area (Å²) >= 11 is 0. The molecule has 0 radical (unpaired) electrons. The third-order valence-electron chi connectivity index (χ3n) is 12.4. The van der Waals surface area contributed by atoms with Crippen LogP contribution in [0.15, 0.2) is 22.8 Å². The molecule has 0 N–H and O–H groups in total. The van der Waals surface area contributed by atoms with Gasteiger partial charge in [-0.05, 0) is 86.9 Å². The molecule has 4 nitrogen and oxygen atoms in total. The summed E-state index contributed by atoms with van der Waals surface area (Å²) in [6, 6.07) is 0. The number of allylic oxidation sites excluding steroid dienone is 1. The average molecular weight is 467 g/mol. The fraction of sp³-hybridized carbons (Fsp3) is 0.800. The number of fused-ring (bicyclic) bond motifs is 4. The molecule has 2 saturated carbocycles. The van der Waals surface area contributed by atoms with Crippen LogP contribution in [-0.4, -0.2) is 24.1 Å². The summed E-state index contributed by atoms with van der Waals surface area (Å²) in [6.07, 6.45) is 11.7. The molecule has 0 aromatic carbocycles. The van der Waals surface area contributed by atoms with Crippen molar-refractivity contribution in [1.29, 1.82) is 0 Å².